The molecule has 1 aromatic carbocycles. The molecule has 2 aromatic heterocycles. The molecular formula is C17H13F2N3OS. The number of benzene rings is 1. The maximum atomic E-state index is 13.8. The average molecular weight is 345 g/mol. The lowest BCUT2D eigenvalue weighted by Gasteiger charge is -2.03. The first-order chi connectivity index (χ1) is 11.6. The van der Waals surface area contributed by atoms with Gasteiger partial charge in [0.05, 0.1) is 16.8 Å². The van der Waals surface area contributed by atoms with E-state index >= 15 is 0 Å². The van der Waals surface area contributed by atoms with E-state index in [9.17, 15) is 13.6 Å². The molecule has 1 N–H and O–H groups in total. The van der Waals surface area contributed by atoms with Crippen molar-refractivity contribution in [2.75, 3.05) is 6.54 Å². The molecule has 0 spiro atoms. The average Bonchev–Trinajstić information content (AvgIpc) is 3.04. The maximum absolute atomic E-state index is 13.8. The Morgan fingerprint density at radius 3 is 2.67 bits per heavy atom. The van der Waals surface area contributed by atoms with Gasteiger partial charge in [-0.25, -0.2) is 13.8 Å². The Labute approximate surface area is 141 Å². The van der Waals surface area contributed by atoms with Crippen LogP contribution in [-0.2, 0) is 6.42 Å². The highest BCUT2D eigenvalue weighted by Crippen LogP contribution is 2.28. The highest BCUT2D eigenvalue weighted by atomic mass is 32.1. The first-order valence-corrected chi connectivity index (χ1v) is 8.10. The van der Waals surface area contributed by atoms with Crippen molar-refractivity contribution in [2.24, 2.45) is 0 Å². The molecule has 24 heavy (non-hydrogen) atoms. The Morgan fingerprint density at radius 2 is 1.96 bits per heavy atom. The van der Waals surface area contributed by atoms with Crippen molar-refractivity contribution in [3.05, 3.63) is 71.0 Å². The van der Waals surface area contributed by atoms with E-state index in [-0.39, 0.29) is 11.5 Å². The topological polar surface area (TPSA) is 54.9 Å². The second kappa shape index (κ2) is 7.27. The molecule has 122 valence electrons. The number of carbonyl (C=O) groups excluding carboxylic acids is 1. The number of carbonyl (C=O) groups is 1. The van der Waals surface area contributed by atoms with Crippen LogP contribution in [0.25, 0.3) is 10.6 Å². The zero-order valence-corrected chi connectivity index (χ0v) is 13.3. The van der Waals surface area contributed by atoms with Gasteiger partial charge >= 0.3 is 0 Å². The van der Waals surface area contributed by atoms with Gasteiger partial charge in [0.2, 0.25) is 0 Å². The van der Waals surface area contributed by atoms with Gasteiger partial charge in [-0.05, 0) is 24.3 Å². The predicted molar refractivity (Wildman–Crippen MR) is 87.7 cm³/mol. The van der Waals surface area contributed by atoms with E-state index in [0.717, 1.165) is 0 Å². The van der Waals surface area contributed by atoms with Crippen molar-refractivity contribution < 1.29 is 13.6 Å². The van der Waals surface area contributed by atoms with Crippen LogP contribution in [0, 0.1) is 11.6 Å². The summed E-state index contributed by atoms with van der Waals surface area (Å²) < 4.78 is 27.5. The molecule has 2 heterocycles. The van der Waals surface area contributed by atoms with Crippen molar-refractivity contribution in [1.29, 1.82) is 0 Å². The van der Waals surface area contributed by atoms with Gasteiger partial charge in [-0.1, -0.05) is 6.07 Å². The lowest BCUT2D eigenvalue weighted by molar-refractivity contribution is 0.0953. The summed E-state index contributed by atoms with van der Waals surface area (Å²) in [5, 5.41) is 4.78. The quantitative estimate of drug-likeness (QED) is 0.770. The molecule has 0 fully saturated rings. The Bertz CT molecular complexity index is 832. The number of hydrogen-bond donors (Lipinski definition) is 1. The molecule has 7 heteroatoms. The lowest BCUT2D eigenvalue weighted by Crippen LogP contribution is -2.25. The third-order valence-corrected chi connectivity index (χ3v) is 4.23. The molecule has 0 aliphatic carbocycles. The smallest absolute Gasteiger partial charge is 0.252 e. The Kier molecular flexibility index (Phi) is 4.90. The SMILES string of the molecule is O=C(NCCc1csc(-c2c(F)cccc2F)n1)c1cccnc1. The minimum absolute atomic E-state index is 0.117. The monoisotopic (exact) mass is 345 g/mol. The van der Waals surface area contributed by atoms with Crippen molar-refractivity contribution in [3.8, 4) is 10.6 Å². The summed E-state index contributed by atoms with van der Waals surface area (Å²) in [6.07, 6.45) is 3.55. The van der Waals surface area contributed by atoms with Crippen LogP contribution in [0.5, 0.6) is 0 Å². The number of hydrogen-bond acceptors (Lipinski definition) is 4. The number of aromatic nitrogens is 2. The van der Waals surface area contributed by atoms with Gasteiger partial charge in [0.25, 0.3) is 5.91 Å². The Hall–Kier alpha value is -2.67. The standard InChI is InChI=1S/C17H13F2N3OS/c18-13-4-1-5-14(19)15(13)17-22-12(10-24-17)6-8-21-16(23)11-3-2-7-20-9-11/h1-5,7,9-10H,6,8H2,(H,21,23). The van der Waals surface area contributed by atoms with Gasteiger partial charge < -0.3 is 5.32 Å². The largest absolute Gasteiger partial charge is 0.352 e. The van der Waals surface area contributed by atoms with Gasteiger partial charge in [-0.2, -0.15) is 0 Å². The number of nitrogens with one attached hydrogen (secondary N) is 1. The summed E-state index contributed by atoms with van der Waals surface area (Å²) in [6.45, 7) is 0.372. The summed E-state index contributed by atoms with van der Waals surface area (Å²) in [5.41, 5.74) is 1.03. The number of nitrogens with zero attached hydrogens (tertiary/aromatic N) is 2. The van der Waals surface area contributed by atoms with Gasteiger partial charge in [-0.15, -0.1) is 11.3 Å². The number of rotatable bonds is 5. The Morgan fingerprint density at radius 1 is 1.17 bits per heavy atom. The zero-order chi connectivity index (χ0) is 16.9. The fourth-order valence-corrected chi connectivity index (χ4v) is 3.04. The Balaban J connectivity index is 1.62. The second-order valence-electron chi connectivity index (χ2n) is 4.99. The van der Waals surface area contributed by atoms with Crippen molar-refractivity contribution >= 4 is 17.2 Å². The van der Waals surface area contributed by atoms with Crippen LogP contribution in [0.3, 0.4) is 0 Å². The first-order valence-electron chi connectivity index (χ1n) is 7.22. The third-order valence-electron chi connectivity index (χ3n) is 3.32. The fraction of sp³-hybridized carbons (Fsp3) is 0.118. The molecule has 0 aliphatic rings. The van der Waals surface area contributed by atoms with Gasteiger partial charge in [0.15, 0.2) is 0 Å². The highest BCUT2D eigenvalue weighted by molar-refractivity contribution is 7.13. The minimum Gasteiger partial charge on any atom is -0.352 e. The van der Waals surface area contributed by atoms with Crippen LogP contribution in [0.15, 0.2) is 48.1 Å². The number of amides is 1. The normalized spacial score (nSPS) is 10.6. The van der Waals surface area contributed by atoms with Crippen LogP contribution >= 0.6 is 11.3 Å². The van der Waals surface area contributed by atoms with E-state index in [2.05, 4.69) is 15.3 Å². The summed E-state index contributed by atoms with van der Waals surface area (Å²) >= 11 is 1.17. The number of pyridine rings is 1. The highest BCUT2D eigenvalue weighted by Gasteiger charge is 2.14. The fourth-order valence-electron chi connectivity index (χ4n) is 2.14. The molecule has 3 aromatic rings. The van der Waals surface area contributed by atoms with Crippen molar-refractivity contribution in [3.63, 3.8) is 0 Å². The van der Waals surface area contributed by atoms with Crippen LogP contribution in [0.4, 0.5) is 8.78 Å². The van der Waals surface area contributed by atoms with E-state index in [4.69, 9.17) is 0 Å². The zero-order valence-electron chi connectivity index (χ0n) is 12.5. The summed E-state index contributed by atoms with van der Waals surface area (Å²) in [6, 6.07) is 7.08. The van der Waals surface area contributed by atoms with Gasteiger partial charge in [0.1, 0.15) is 16.6 Å². The van der Waals surface area contributed by atoms with E-state index < -0.39 is 11.6 Å². The van der Waals surface area contributed by atoms with E-state index in [1.54, 1.807) is 23.7 Å². The summed E-state index contributed by atoms with van der Waals surface area (Å²) in [5.74, 6) is -1.50. The molecule has 4 nitrogen and oxygen atoms in total. The van der Waals surface area contributed by atoms with Crippen molar-refractivity contribution in [2.45, 2.75) is 6.42 Å². The first kappa shape index (κ1) is 16.2. The molecule has 1 amide bonds. The molecule has 0 saturated carbocycles. The number of halogens is 2. The number of thiazole rings is 1. The lowest BCUT2D eigenvalue weighted by atomic mass is 10.2. The minimum atomic E-state index is -0.638. The van der Waals surface area contributed by atoms with Gasteiger partial charge in [0, 0.05) is 30.7 Å². The molecule has 0 bridgehead atoms. The molecule has 0 atom stereocenters. The van der Waals surface area contributed by atoms with Gasteiger partial charge in [-0.3, -0.25) is 9.78 Å². The van der Waals surface area contributed by atoms with E-state index in [1.165, 1.54) is 35.7 Å². The maximum Gasteiger partial charge on any atom is 0.252 e. The van der Waals surface area contributed by atoms with E-state index in [1.807, 2.05) is 0 Å². The van der Waals surface area contributed by atoms with Crippen LogP contribution in [0.1, 0.15) is 16.1 Å². The van der Waals surface area contributed by atoms with Crippen LogP contribution < -0.4 is 5.32 Å². The van der Waals surface area contributed by atoms with Crippen LogP contribution in [0.2, 0.25) is 0 Å². The molecule has 0 aliphatic heterocycles. The summed E-state index contributed by atoms with van der Waals surface area (Å²) in [4.78, 5) is 20.0. The third kappa shape index (κ3) is 3.62. The predicted octanol–water partition coefficient (Wildman–Crippen LogP) is 3.46. The van der Waals surface area contributed by atoms with Crippen molar-refractivity contribution in [1.82, 2.24) is 15.3 Å². The second-order valence-corrected chi connectivity index (χ2v) is 5.85. The molecule has 0 unspecified atom stereocenters. The molecule has 0 radical (unpaired) electrons. The summed E-state index contributed by atoms with van der Waals surface area (Å²) in [7, 11) is 0. The molecule has 3 rings (SSSR count). The van der Waals surface area contributed by atoms with Crippen LogP contribution in [-0.4, -0.2) is 22.4 Å². The molecular weight excluding hydrogens is 332 g/mol. The molecule has 0 saturated heterocycles. The van der Waals surface area contributed by atoms with E-state index in [0.29, 0.717) is 29.2 Å².